The van der Waals surface area contributed by atoms with Crippen molar-refractivity contribution in [1.82, 2.24) is 4.98 Å². The van der Waals surface area contributed by atoms with Gasteiger partial charge in [0.2, 0.25) is 0 Å². The molecule has 0 radical (unpaired) electrons. The highest BCUT2D eigenvalue weighted by molar-refractivity contribution is 7.22. The summed E-state index contributed by atoms with van der Waals surface area (Å²) >= 11 is 1.27. The lowest BCUT2D eigenvalue weighted by atomic mass is 9.95. The van der Waals surface area contributed by atoms with Gasteiger partial charge in [0.1, 0.15) is 23.0 Å². The summed E-state index contributed by atoms with van der Waals surface area (Å²) in [6, 6.07) is 18.4. The Kier molecular flexibility index (Phi) is 7.02. The van der Waals surface area contributed by atoms with Gasteiger partial charge < -0.3 is 19.3 Å². The molecule has 4 aromatic rings. The molecule has 1 atom stereocenters. The maximum Gasteiger partial charge on any atom is 0.301 e. The third-order valence-corrected chi connectivity index (χ3v) is 7.26. The molecule has 194 valence electrons. The molecule has 0 bridgehead atoms. The first-order chi connectivity index (χ1) is 18.4. The second-order valence-corrected chi connectivity index (χ2v) is 9.66. The van der Waals surface area contributed by atoms with Gasteiger partial charge in [0.25, 0.3) is 5.78 Å². The zero-order valence-electron chi connectivity index (χ0n) is 21.1. The van der Waals surface area contributed by atoms with Crippen LogP contribution in [-0.2, 0) is 9.59 Å². The number of hydrogen-bond acceptors (Lipinski definition) is 8. The van der Waals surface area contributed by atoms with Crippen LogP contribution in [0.15, 0.2) is 72.3 Å². The van der Waals surface area contributed by atoms with Gasteiger partial charge in [0, 0.05) is 5.56 Å². The zero-order chi connectivity index (χ0) is 26.8. The van der Waals surface area contributed by atoms with Crippen LogP contribution in [0.2, 0.25) is 0 Å². The summed E-state index contributed by atoms with van der Waals surface area (Å²) in [6.07, 6.45) is 0.866. The molecule has 1 unspecified atom stereocenters. The fourth-order valence-corrected chi connectivity index (χ4v) is 5.38. The molecule has 2 heterocycles. The lowest BCUT2D eigenvalue weighted by Crippen LogP contribution is -2.29. The van der Waals surface area contributed by atoms with Crippen molar-refractivity contribution in [2.75, 3.05) is 25.7 Å². The van der Waals surface area contributed by atoms with Gasteiger partial charge in [-0.3, -0.25) is 14.5 Å². The van der Waals surface area contributed by atoms with E-state index in [-0.39, 0.29) is 11.3 Å². The van der Waals surface area contributed by atoms with Crippen LogP contribution >= 0.6 is 11.3 Å². The first-order valence-electron chi connectivity index (χ1n) is 12.1. The second kappa shape index (κ2) is 10.5. The third-order valence-electron chi connectivity index (χ3n) is 6.25. The van der Waals surface area contributed by atoms with Crippen LogP contribution in [0.5, 0.6) is 17.2 Å². The van der Waals surface area contributed by atoms with E-state index in [0.717, 1.165) is 11.1 Å². The molecular formula is C29H26N2O6S. The number of rotatable bonds is 8. The number of amides is 1. The quantitative estimate of drug-likeness (QED) is 0.177. The number of fused-ring (bicyclic) bond motifs is 1. The molecule has 1 amide bonds. The van der Waals surface area contributed by atoms with Gasteiger partial charge in [-0.25, -0.2) is 4.98 Å². The van der Waals surface area contributed by atoms with Crippen molar-refractivity contribution >= 4 is 44.1 Å². The normalized spacial score (nSPS) is 16.7. The highest BCUT2D eigenvalue weighted by Gasteiger charge is 2.48. The number of hydrogen-bond donors (Lipinski definition) is 1. The fraction of sp³-hybridized carbons (Fsp3) is 0.207. The molecule has 8 nitrogen and oxygen atoms in total. The number of carbonyl (C=O) groups excluding carboxylic acids is 2. The molecule has 38 heavy (non-hydrogen) atoms. The minimum atomic E-state index is -0.899. The summed E-state index contributed by atoms with van der Waals surface area (Å²) < 4.78 is 17.1. The van der Waals surface area contributed by atoms with Gasteiger partial charge in [-0.05, 0) is 54.4 Å². The van der Waals surface area contributed by atoms with E-state index in [4.69, 9.17) is 14.2 Å². The third kappa shape index (κ3) is 4.56. The number of Topliss-reactive ketones (excluding diaryl/α,β-unsaturated/α-hetero) is 1. The monoisotopic (exact) mass is 530 g/mol. The number of ketones is 1. The van der Waals surface area contributed by atoms with Crippen LogP contribution in [0.1, 0.15) is 30.5 Å². The molecule has 9 heteroatoms. The lowest BCUT2D eigenvalue weighted by molar-refractivity contribution is -0.132. The Labute approximate surface area is 223 Å². The predicted molar refractivity (Wildman–Crippen MR) is 146 cm³/mol. The van der Waals surface area contributed by atoms with E-state index in [1.807, 2.05) is 13.0 Å². The fourth-order valence-electron chi connectivity index (χ4n) is 4.36. The maximum absolute atomic E-state index is 13.5. The largest absolute Gasteiger partial charge is 0.507 e. The first kappa shape index (κ1) is 25.3. The molecule has 5 rings (SSSR count). The smallest absolute Gasteiger partial charge is 0.301 e. The standard InChI is InChI=1S/C29H26N2O6S/c1-4-14-37-19-10-8-17(9-11-19)25-24(26(32)18-6-5-7-20(15-18)35-2)27(33)28(34)31(25)29-30-22-13-12-21(36-3)16-23(22)38-29/h5-13,15-16,25,32H,4,14H2,1-3H3. The lowest BCUT2D eigenvalue weighted by Gasteiger charge is -2.23. The Balaban J connectivity index is 1.67. The highest BCUT2D eigenvalue weighted by atomic mass is 32.1. The second-order valence-electron chi connectivity index (χ2n) is 8.65. The summed E-state index contributed by atoms with van der Waals surface area (Å²) in [6.45, 7) is 2.59. The first-order valence-corrected chi connectivity index (χ1v) is 12.9. The number of methoxy groups -OCH3 is 2. The van der Waals surface area contributed by atoms with Crippen LogP contribution in [0.3, 0.4) is 0 Å². The van der Waals surface area contributed by atoms with Crippen molar-refractivity contribution in [2.45, 2.75) is 19.4 Å². The molecule has 1 aromatic heterocycles. The number of ether oxygens (including phenoxy) is 3. The van der Waals surface area contributed by atoms with Crippen molar-refractivity contribution in [2.24, 2.45) is 0 Å². The minimum Gasteiger partial charge on any atom is -0.507 e. The van der Waals surface area contributed by atoms with Gasteiger partial charge >= 0.3 is 5.91 Å². The predicted octanol–water partition coefficient (Wildman–Crippen LogP) is 5.73. The Morgan fingerprint density at radius 3 is 2.39 bits per heavy atom. The van der Waals surface area contributed by atoms with Crippen molar-refractivity contribution < 1.29 is 28.9 Å². The Morgan fingerprint density at radius 1 is 0.974 bits per heavy atom. The van der Waals surface area contributed by atoms with Gasteiger partial charge in [-0.15, -0.1) is 0 Å². The van der Waals surface area contributed by atoms with E-state index in [0.29, 0.717) is 45.6 Å². The molecule has 1 N–H and O–H groups in total. The number of nitrogens with zero attached hydrogens (tertiary/aromatic N) is 2. The maximum atomic E-state index is 13.5. The SMILES string of the molecule is CCCOc1ccc(C2C(=C(O)c3cccc(OC)c3)C(=O)C(=O)N2c2nc3ccc(OC)cc3s2)cc1. The van der Waals surface area contributed by atoms with Crippen LogP contribution in [0.4, 0.5) is 5.13 Å². The van der Waals surface area contributed by atoms with Crippen LogP contribution in [0.25, 0.3) is 16.0 Å². The van der Waals surface area contributed by atoms with Gasteiger partial charge in [-0.1, -0.05) is 42.5 Å². The summed E-state index contributed by atoms with van der Waals surface area (Å²) in [5.74, 6) is -0.00381. The number of thiazole rings is 1. The van der Waals surface area contributed by atoms with E-state index in [9.17, 15) is 14.7 Å². The van der Waals surface area contributed by atoms with E-state index in [2.05, 4.69) is 4.98 Å². The Morgan fingerprint density at radius 2 is 1.68 bits per heavy atom. The molecule has 1 saturated heterocycles. The average Bonchev–Trinajstić information content (AvgIpc) is 3.49. The molecule has 0 aliphatic carbocycles. The van der Waals surface area contributed by atoms with E-state index < -0.39 is 17.7 Å². The van der Waals surface area contributed by atoms with Crippen LogP contribution in [0, 0.1) is 0 Å². The van der Waals surface area contributed by atoms with Crippen molar-refractivity contribution in [3.63, 3.8) is 0 Å². The summed E-state index contributed by atoms with van der Waals surface area (Å²) in [5, 5.41) is 11.7. The average molecular weight is 531 g/mol. The van der Waals surface area contributed by atoms with Crippen molar-refractivity contribution in [3.05, 3.63) is 83.4 Å². The topological polar surface area (TPSA) is 98.2 Å². The zero-order valence-corrected chi connectivity index (χ0v) is 22.0. The van der Waals surface area contributed by atoms with Crippen molar-refractivity contribution in [1.29, 1.82) is 0 Å². The molecule has 0 spiro atoms. The molecule has 1 aliphatic rings. The van der Waals surface area contributed by atoms with Crippen LogP contribution in [-0.4, -0.2) is 42.6 Å². The number of aliphatic hydroxyl groups excluding tert-OH is 1. The van der Waals surface area contributed by atoms with Gasteiger partial charge in [-0.2, -0.15) is 0 Å². The number of carbonyl (C=O) groups is 2. The molecule has 0 saturated carbocycles. The summed E-state index contributed by atoms with van der Waals surface area (Å²) in [5.41, 5.74) is 1.64. The summed E-state index contributed by atoms with van der Waals surface area (Å²) in [7, 11) is 3.09. The molecule has 3 aromatic carbocycles. The van der Waals surface area contributed by atoms with Crippen LogP contribution < -0.4 is 19.1 Å². The van der Waals surface area contributed by atoms with Crippen molar-refractivity contribution in [3.8, 4) is 17.2 Å². The molecular weight excluding hydrogens is 504 g/mol. The number of aliphatic hydroxyl groups is 1. The number of anilines is 1. The Bertz CT molecular complexity index is 1540. The number of aromatic nitrogens is 1. The van der Waals surface area contributed by atoms with E-state index in [1.54, 1.807) is 67.8 Å². The highest BCUT2D eigenvalue weighted by Crippen LogP contribution is 2.45. The molecule has 1 fully saturated rings. The number of benzene rings is 3. The summed E-state index contributed by atoms with van der Waals surface area (Å²) in [4.78, 5) is 33.0. The van der Waals surface area contributed by atoms with E-state index >= 15 is 0 Å². The minimum absolute atomic E-state index is 0.0256. The van der Waals surface area contributed by atoms with Gasteiger partial charge in [0.15, 0.2) is 5.13 Å². The molecule has 1 aliphatic heterocycles. The Hall–Kier alpha value is -4.37. The van der Waals surface area contributed by atoms with E-state index in [1.165, 1.54) is 23.3 Å². The van der Waals surface area contributed by atoms with Gasteiger partial charge in [0.05, 0.1) is 42.7 Å².